The molecule has 6 rings (SSSR count). The van der Waals surface area contributed by atoms with Crippen molar-refractivity contribution >= 4 is 34.6 Å². The molecule has 0 spiro atoms. The van der Waals surface area contributed by atoms with Crippen molar-refractivity contribution in [3.05, 3.63) is 75.8 Å². The molecular weight excluding hydrogens is 566 g/mol. The van der Waals surface area contributed by atoms with Gasteiger partial charge in [0.2, 0.25) is 0 Å². The monoisotopic (exact) mass is 603 g/mol. The molecule has 2 fully saturated rings. The van der Waals surface area contributed by atoms with Gasteiger partial charge in [0.05, 0.1) is 41.8 Å². The fourth-order valence-corrected chi connectivity index (χ4v) is 6.80. The molecule has 10 heteroatoms. The van der Waals surface area contributed by atoms with Crippen LogP contribution in [-0.2, 0) is 15.9 Å². The second-order valence-corrected chi connectivity index (χ2v) is 12.1. The van der Waals surface area contributed by atoms with Crippen molar-refractivity contribution in [2.24, 2.45) is 16.6 Å². The highest BCUT2D eigenvalue weighted by molar-refractivity contribution is 6.33. The van der Waals surface area contributed by atoms with E-state index in [2.05, 4.69) is 36.3 Å². The van der Waals surface area contributed by atoms with E-state index in [-0.39, 0.29) is 29.9 Å². The maximum Gasteiger partial charge on any atom is 0.157 e. The number of fused-ring (bicyclic) bond motifs is 2. The first-order chi connectivity index (χ1) is 20.7. The molecule has 2 saturated heterocycles. The first-order valence-electron chi connectivity index (χ1n) is 14.9. The lowest BCUT2D eigenvalue weighted by molar-refractivity contribution is 0.0170. The molecule has 3 aliphatic rings. The van der Waals surface area contributed by atoms with Crippen molar-refractivity contribution in [3.63, 3.8) is 0 Å². The third kappa shape index (κ3) is 5.87. The Morgan fingerprint density at radius 1 is 1.14 bits per heavy atom. The van der Waals surface area contributed by atoms with E-state index in [1.165, 1.54) is 16.7 Å². The van der Waals surface area contributed by atoms with Crippen molar-refractivity contribution in [2.75, 3.05) is 18.5 Å². The molecular formula is C33H38ClN5O4. The summed E-state index contributed by atoms with van der Waals surface area (Å²) in [7, 11) is 0. The largest absolute Gasteiger partial charge is 0.513 e. The van der Waals surface area contributed by atoms with Crippen LogP contribution in [0.4, 0.5) is 11.6 Å². The van der Waals surface area contributed by atoms with E-state index in [0.29, 0.717) is 35.6 Å². The van der Waals surface area contributed by atoms with Crippen LogP contribution in [0, 0.1) is 19.8 Å². The molecule has 0 saturated carbocycles. The number of benzene rings is 1. The number of anilines is 1. The molecule has 1 aliphatic carbocycles. The first-order valence-corrected chi connectivity index (χ1v) is 15.2. The Morgan fingerprint density at radius 3 is 2.70 bits per heavy atom. The normalized spacial score (nSPS) is 25.2. The molecule has 5 N–H and O–H groups in total. The fraction of sp³-hybridized carbons (Fsp3) is 0.424. The van der Waals surface area contributed by atoms with Crippen LogP contribution >= 0.6 is 11.6 Å². The molecule has 3 unspecified atom stereocenters. The van der Waals surface area contributed by atoms with E-state index >= 15 is 0 Å². The molecule has 4 heterocycles. The number of halogens is 1. The third-order valence-corrected chi connectivity index (χ3v) is 9.09. The average molecular weight is 604 g/mol. The Labute approximate surface area is 256 Å². The number of aliphatic imine (C=N–C) groups is 1. The van der Waals surface area contributed by atoms with Crippen molar-refractivity contribution in [1.29, 1.82) is 0 Å². The second kappa shape index (κ2) is 12.2. The predicted molar refractivity (Wildman–Crippen MR) is 169 cm³/mol. The number of pyridine rings is 2. The van der Waals surface area contributed by atoms with Gasteiger partial charge < -0.3 is 30.7 Å². The van der Waals surface area contributed by atoms with Gasteiger partial charge in [-0.1, -0.05) is 36.7 Å². The van der Waals surface area contributed by atoms with Gasteiger partial charge in [-0.15, -0.1) is 0 Å². The quantitative estimate of drug-likeness (QED) is 0.182. The molecule has 5 atom stereocenters. The van der Waals surface area contributed by atoms with Crippen LogP contribution in [0.5, 0.6) is 0 Å². The minimum absolute atomic E-state index is 0.0766. The summed E-state index contributed by atoms with van der Waals surface area (Å²) in [5.74, 6) is 1.45. The number of nitrogens with one attached hydrogen (secondary N) is 1. The van der Waals surface area contributed by atoms with Crippen LogP contribution in [0.1, 0.15) is 60.2 Å². The highest BCUT2D eigenvalue weighted by Crippen LogP contribution is 2.40. The molecule has 0 bridgehead atoms. The molecule has 3 aromatic rings. The molecule has 2 aromatic heterocycles. The van der Waals surface area contributed by atoms with Gasteiger partial charge in [0.25, 0.3) is 0 Å². The van der Waals surface area contributed by atoms with E-state index in [9.17, 15) is 5.11 Å². The zero-order valence-electron chi connectivity index (χ0n) is 24.7. The van der Waals surface area contributed by atoms with Gasteiger partial charge in [0, 0.05) is 23.4 Å². The number of nitrogens with zero attached hydrogens (tertiary/aromatic N) is 3. The lowest BCUT2D eigenvalue weighted by Gasteiger charge is -2.20. The van der Waals surface area contributed by atoms with Crippen molar-refractivity contribution < 1.29 is 19.7 Å². The molecule has 9 nitrogen and oxygen atoms in total. The summed E-state index contributed by atoms with van der Waals surface area (Å²) in [5, 5.41) is 23.5. The minimum Gasteiger partial charge on any atom is -0.513 e. The van der Waals surface area contributed by atoms with Gasteiger partial charge in [-0.2, -0.15) is 0 Å². The highest BCUT2D eigenvalue weighted by Gasteiger charge is 2.47. The molecule has 0 amide bonds. The Bertz CT molecular complexity index is 1570. The number of hydrogen-bond donors (Lipinski definition) is 4. The molecule has 43 heavy (non-hydrogen) atoms. The Kier molecular flexibility index (Phi) is 8.42. The van der Waals surface area contributed by atoms with Gasteiger partial charge in [-0.05, 0) is 79.5 Å². The number of rotatable bonds is 8. The van der Waals surface area contributed by atoms with E-state index in [0.717, 1.165) is 54.3 Å². The standard InChI is InChI=1S/C33H38ClN5O4/c1-4-23(12-22-15-42-31-28(41)16-43-30(22)31)37-32-18(3)10-24(34)33(39-32)38-27-8-5-19-11-21(9-17(2)29(19)27)20-6-7-26(36-13-20)25(35)14-40/h6-7,9-11,13-14,22,27-28,30-31,40-41H,4-5,8,12,15-16,35H2,1-3H3,(H,38,39)/b25-14+,37-23?/t22?,27?,28?,30-,31-/m1/s1. The Morgan fingerprint density at radius 2 is 1.95 bits per heavy atom. The van der Waals surface area contributed by atoms with Gasteiger partial charge in [0.15, 0.2) is 5.82 Å². The van der Waals surface area contributed by atoms with Gasteiger partial charge in [-0.25, -0.2) is 9.98 Å². The smallest absolute Gasteiger partial charge is 0.157 e. The molecule has 1 aromatic carbocycles. The van der Waals surface area contributed by atoms with Crippen molar-refractivity contribution in [2.45, 2.75) is 70.8 Å². The fourth-order valence-electron chi connectivity index (χ4n) is 6.54. The average Bonchev–Trinajstić information content (AvgIpc) is 3.71. The van der Waals surface area contributed by atoms with Crippen LogP contribution < -0.4 is 11.1 Å². The lowest BCUT2D eigenvalue weighted by atomic mass is 9.94. The van der Waals surface area contributed by atoms with Crippen LogP contribution in [0.3, 0.4) is 0 Å². The number of aliphatic hydroxyl groups is 2. The van der Waals surface area contributed by atoms with Crippen LogP contribution in [0.15, 0.2) is 47.8 Å². The Balaban J connectivity index is 1.21. The zero-order chi connectivity index (χ0) is 30.2. The number of aromatic nitrogens is 2. The second-order valence-electron chi connectivity index (χ2n) is 11.7. The van der Waals surface area contributed by atoms with Gasteiger partial charge in [0.1, 0.15) is 24.3 Å². The third-order valence-electron chi connectivity index (χ3n) is 8.81. The van der Waals surface area contributed by atoms with E-state index in [4.69, 9.17) is 41.9 Å². The van der Waals surface area contributed by atoms with Crippen molar-refractivity contribution in [3.8, 4) is 11.1 Å². The van der Waals surface area contributed by atoms with E-state index in [1.807, 2.05) is 25.1 Å². The number of aryl methyl sites for hydroxylation is 3. The predicted octanol–water partition coefficient (Wildman–Crippen LogP) is 5.98. The summed E-state index contributed by atoms with van der Waals surface area (Å²) in [5.41, 5.74) is 14.3. The summed E-state index contributed by atoms with van der Waals surface area (Å²) in [6.07, 6.45) is 5.13. The molecule has 0 radical (unpaired) electrons. The SMILES string of the molecule is CCC(CC1CO[C@@H]2C(O)CO[C@H]12)=Nc1nc(NC2CCc3cc(-c4ccc(/C(N)=C\O)nc4)cc(C)c32)c(Cl)cc1C. The molecule has 226 valence electrons. The van der Waals surface area contributed by atoms with Crippen LogP contribution in [-0.4, -0.2) is 57.4 Å². The van der Waals surface area contributed by atoms with E-state index in [1.54, 1.807) is 6.20 Å². The maximum atomic E-state index is 10.1. The van der Waals surface area contributed by atoms with Crippen LogP contribution in [0.2, 0.25) is 5.02 Å². The summed E-state index contributed by atoms with van der Waals surface area (Å²) in [4.78, 5) is 14.3. The van der Waals surface area contributed by atoms with E-state index < -0.39 is 6.10 Å². The number of ether oxygens (including phenoxy) is 2. The number of hydrogen-bond acceptors (Lipinski definition) is 9. The molecule has 2 aliphatic heterocycles. The summed E-state index contributed by atoms with van der Waals surface area (Å²) in [6.45, 7) is 7.09. The summed E-state index contributed by atoms with van der Waals surface area (Å²) >= 11 is 6.71. The number of nitrogens with two attached hydrogens (primary N) is 1. The summed E-state index contributed by atoms with van der Waals surface area (Å²) in [6, 6.07) is 10.2. The highest BCUT2D eigenvalue weighted by atomic mass is 35.5. The van der Waals surface area contributed by atoms with Gasteiger partial charge >= 0.3 is 0 Å². The van der Waals surface area contributed by atoms with Crippen LogP contribution in [0.25, 0.3) is 16.8 Å². The van der Waals surface area contributed by atoms with Crippen molar-refractivity contribution in [1.82, 2.24) is 9.97 Å². The Hall–Kier alpha value is -3.50. The first kappa shape index (κ1) is 29.6. The summed E-state index contributed by atoms with van der Waals surface area (Å²) < 4.78 is 11.7. The lowest BCUT2D eigenvalue weighted by Crippen LogP contribution is -2.29. The maximum absolute atomic E-state index is 10.1. The topological polar surface area (TPSA) is 135 Å². The number of aliphatic hydroxyl groups excluding tert-OH is 2. The zero-order valence-corrected chi connectivity index (χ0v) is 25.4. The minimum atomic E-state index is -0.555. The van der Waals surface area contributed by atoms with Gasteiger partial charge in [-0.3, -0.25) is 4.98 Å².